The van der Waals surface area contributed by atoms with Gasteiger partial charge in [0.15, 0.2) is 5.84 Å². The molecule has 1 aromatic carbocycles. The number of benzene rings is 1. The number of anilines is 1. The molecule has 20 heavy (non-hydrogen) atoms. The van der Waals surface area contributed by atoms with E-state index in [-0.39, 0.29) is 11.7 Å². The Hall–Kier alpha value is -2.08. The smallest absolute Gasteiger partial charge is 0.256 e. The molecule has 0 aliphatic carbocycles. The van der Waals surface area contributed by atoms with Gasteiger partial charge in [0.25, 0.3) is 5.91 Å². The molecule has 0 radical (unpaired) electrons. The lowest BCUT2D eigenvalue weighted by Gasteiger charge is -2.22. The van der Waals surface area contributed by atoms with Gasteiger partial charge < -0.3 is 21.0 Å². The molecule has 1 unspecified atom stereocenters. The van der Waals surface area contributed by atoms with Crippen LogP contribution in [0.25, 0.3) is 0 Å². The topological polar surface area (TPSA) is 96.9 Å². The Morgan fingerprint density at radius 1 is 1.55 bits per heavy atom. The molecule has 1 atom stereocenters. The minimum atomic E-state index is -0.779. The summed E-state index contributed by atoms with van der Waals surface area (Å²) in [6, 6.07) is 5.22. The lowest BCUT2D eigenvalue weighted by atomic mass is 10.0. The Bertz CT molecular complexity index is 549. The van der Waals surface area contributed by atoms with Gasteiger partial charge in [-0.15, -0.1) is 0 Å². The van der Waals surface area contributed by atoms with Crippen molar-refractivity contribution < 1.29 is 14.7 Å². The van der Waals surface area contributed by atoms with E-state index in [0.717, 1.165) is 12.0 Å². The number of oxime groups is 1. The van der Waals surface area contributed by atoms with Crippen LogP contribution in [-0.2, 0) is 9.53 Å². The van der Waals surface area contributed by atoms with Crippen molar-refractivity contribution in [3.63, 3.8) is 0 Å². The summed E-state index contributed by atoms with van der Waals surface area (Å²) in [5.74, 6) is -0.168. The highest BCUT2D eigenvalue weighted by Gasteiger charge is 2.37. The summed E-state index contributed by atoms with van der Waals surface area (Å²) in [5, 5.41) is 14.5. The van der Waals surface area contributed by atoms with Gasteiger partial charge in [-0.25, -0.2) is 0 Å². The number of rotatable bonds is 3. The number of nitrogens with zero attached hydrogens (tertiary/aromatic N) is 1. The SMILES string of the molecule is Cc1ccc(/C(N)=N/O)cc1NC(=O)C1(C)CCCO1. The minimum Gasteiger partial charge on any atom is -0.409 e. The molecule has 1 heterocycles. The Morgan fingerprint density at radius 3 is 2.90 bits per heavy atom. The average molecular weight is 277 g/mol. The van der Waals surface area contributed by atoms with Gasteiger partial charge in [0, 0.05) is 17.9 Å². The first-order valence-corrected chi connectivity index (χ1v) is 6.50. The van der Waals surface area contributed by atoms with Crippen molar-refractivity contribution >= 4 is 17.4 Å². The third-order valence-electron chi connectivity index (χ3n) is 3.59. The van der Waals surface area contributed by atoms with Crippen LogP contribution in [0.2, 0.25) is 0 Å². The predicted molar refractivity (Wildman–Crippen MR) is 75.9 cm³/mol. The van der Waals surface area contributed by atoms with E-state index < -0.39 is 5.60 Å². The lowest BCUT2D eigenvalue weighted by molar-refractivity contribution is -0.133. The zero-order chi connectivity index (χ0) is 14.8. The largest absolute Gasteiger partial charge is 0.409 e. The van der Waals surface area contributed by atoms with E-state index in [9.17, 15) is 4.79 Å². The second-order valence-corrected chi connectivity index (χ2v) is 5.15. The highest BCUT2D eigenvalue weighted by atomic mass is 16.5. The molecule has 0 bridgehead atoms. The number of carbonyl (C=O) groups excluding carboxylic acids is 1. The number of ether oxygens (including phenoxy) is 1. The Morgan fingerprint density at radius 2 is 2.30 bits per heavy atom. The number of aryl methyl sites for hydroxylation is 1. The number of hydrogen-bond donors (Lipinski definition) is 3. The second kappa shape index (κ2) is 5.50. The molecule has 1 fully saturated rings. The Balaban J connectivity index is 2.22. The van der Waals surface area contributed by atoms with Gasteiger partial charge in [-0.3, -0.25) is 4.79 Å². The van der Waals surface area contributed by atoms with Crippen molar-refractivity contribution in [2.45, 2.75) is 32.3 Å². The van der Waals surface area contributed by atoms with Crippen LogP contribution >= 0.6 is 0 Å². The number of nitrogens with two attached hydrogens (primary N) is 1. The van der Waals surface area contributed by atoms with Crippen LogP contribution in [0.4, 0.5) is 5.69 Å². The maximum absolute atomic E-state index is 12.3. The normalized spacial score (nSPS) is 22.8. The first kappa shape index (κ1) is 14.3. The molecule has 1 saturated heterocycles. The second-order valence-electron chi connectivity index (χ2n) is 5.15. The molecule has 1 aliphatic heterocycles. The lowest BCUT2D eigenvalue weighted by Crippen LogP contribution is -2.39. The summed E-state index contributed by atoms with van der Waals surface area (Å²) < 4.78 is 5.51. The average Bonchev–Trinajstić information content (AvgIpc) is 2.88. The first-order valence-electron chi connectivity index (χ1n) is 6.50. The van der Waals surface area contributed by atoms with Crippen molar-refractivity contribution in [1.82, 2.24) is 0 Å². The molecule has 4 N–H and O–H groups in total. The van der Waals surface area contributed by atoms with Gasteiger partial charge >= 0.3 is 0 Å². The van der Waals surface area contributed by atoms with Crippen LogP contribution in [0.1, 0.15) is 30.9 Å². The zero-order valence-corrected chi connectivity index (χ0v) is 11.6. The minimum absolute atomic E-state index is 0.00354. The number of carbonyl (C=O) groups is 1. The molecule has 6 heteroatoms. The number of nitrogens with one attached hydrogen (secondary N) is 1. The fourth-order valence-corrected chi connectivity index (χ4v) is 2.19. The van der Waals surface area contributed by atoms with E-state index in [1.807, 2.05) is 6.92 Å². The molecule has 1 aliphatic rings. The van der Waals surface area contributed by atoms with E-state index in [1.165, 1.54) is 0 Å². The molecule has 0 aromatic heterocycles. The van der Waals surface area contributed by atoms with E-state index in [1.54, 1.807) is 25.1 Å². The molecule has 2 rings (SSSR count). The molecular weight excluding hydrogens is 258 g/mol. The molecule has 108 valence electrons. The van der Waals surface area contributed by atoms with Gasteiger partial charge in [0.1, 0.15) is 5.60 Å². The van der Waals surface area contributed by atoms with Crippen molar-refractivity contribution in [3.8, 4) is 0 Å². The van der Waals surface area contributed by atoms with E-state index in [2.05, 4.69) is 10.5 Å². The van der Waals surface area contributed by atoms with Gasteiger partial charge in [0.05, 0.1) is 0 Å². The van der Waals surface area contributed by atoms with Crippen LogP contribution in [0.3, 0.4) is 0 Å². The summed E-state index contributed by atoms with van der Waals surface area (Å²) in [4.78, 5) is 12.3. The van der Waals surface area contributed by atoms with Crippen LogP contribution in [0.15, 0.2) is 23.4 Å². The predicted octanol–water partition coefficient (Wildman–Crippen LogP) is 1.60. The molecule has 1 aromatic rings. The fraction of sp³-hybridized carbons (Fsp3) is 0.429. The van der Waals surface area contributed by atoms with Crippen LogP contribution in [0.5, 0.6) is 0 Å². The number of amidine groups is 1. The summed E-state index contributed by atoms with van der Waals surface area (Å²) in [6.45, 7) is 4.27. The zero-order valence-electron chi connectivity index (χ0n) is 11.6. The van der Waals surface area contributed by atoms with E-state index in [0.29, 0.717) is 24.3 Å². The van der Waals surface area contributed by atoms with Gasteiger partial charge in [-0.1, -0.05) is 17.3 Å². The maximum Gasteiger partial charge on any atom is 0.256 e. The van der Waals surface area contributed by atoms with Crippen molar-refractivity contribution in [1.29, 1.82) is 0 Å². The highest BCUT2D eigenvalue weighted by Crippen LogP contribution is 2.27. The van der Waals surface area contributed by atoms with Crippen molar-refractivity contribution in [2.75, 3.05) is 11.9 Å². The number of hydrogen-bond acceptors (Lipinski definition) is 4. The molecular formula is C14H19N3O3. The molecule has 1 amide bonds. The van der Waals surface area contributed by atoms with Gasteiger partial charge in [-0.05, 0) is 38.3 Å². The van der Waals surface area contributed by atoms with E-state index in [4.69, 9.17) is 15.7 Å². The van der Waals surface area contributed by atoms with Crippen LogP contribution < -0.4 is 11.1 Å². The molecule has 6 nitrogen and oxygen atoms in total. The van der Waals surface area contributed by atoms with E-state index >= 15 is 0 Å². The summed E-state index contributed by atoms with van der Waals surface area (Å²) in [7, 11) is 0. The molecule has 0 saturated carbocycles. The highest BCUT2D eigenvalue weighted by molar-refractivity contribution is 6.01. The van der Waals surface area contributed by atoms with Gasteiger partial charge in [0.2, 0.25) is 0 Å². The molecule has 0 spiro atoms. The monoisotopic (exact) mass is 277 g/mol. The fourth-order valence-electron chi connectivity index (χ4n) is 2.19. The summed E-state index contributed by atoms with van der Waals surface area (Å²) in [6.07, 6.45) is 1.59. The van der Waals surface area contributed by atoms with Crippen molar-refractivity contribution in [2.24, 2.45) is 10.9 Å². The number of amides is 1. The van der Waals surface area contributed by atoms with Crippen molar-refractivity contribution in [3.05, 3.63) is 29.3 Å². The standard InChI is InChI=1S/C14H19N3O3/c1-9-4-5-10(12(15)17-19)8-11(9)16-13(18)14(2)6-3-7-20-14/h4-5,8,19H,3,6-7H2,1-2H3,(H2,15,17)(H,16,18). The summed E-state index contributed by atoms with van der Waals surface area (Å²) in [5.41, 5.74) is 6.86. The third-order valence-corrected chi connectivity index (χ3v) is 3.59. The maximum atomic E-state index is 12.3. The van der Waals surface area contributed by atoms with Crippen LogP contribution in [-0.4, -0.2) is 29.2 Å². The Labute approximate surface area is 117 Å². The van der Waals surface area contributed by atoms with Crippen LogP contribution in [0, 0.1) is 6.92 Å². The first-order chi connectivity index (χ1) is 9.46. The third kappa shape index (κ3) is 2.75. The quantitative estimate of drug-likeness (QED) is 0.338. The summed E-state index contributed by atoms with van der Waals surface area (Å²) >= 11 is 0. The Kier molecular flexibility index (Phi) is 3.94. The van der Waals surface area contributed by atoms with Gasteiger partial charge in [-0.2, -0.15) is 0 Å².